The summed E-state index contributed by atoms with van der Waals surface area (Å²) in [5.41, 5.74) is 0. The molecule has 70 valence electrons. The van der Waals surface area contributed by atoms with Gasteiger partial charge in [-0.15, -0.1) is 0 Å². The van der Waals surface area contributed by atoms with Crippen LogP contribution >= 0.6 is 10.9 Å². The van der Waals surface area contributed by atoms with Gasteiger partial charge in [0.05, 0.1) is 5.25 Å². The first kappa shape index (κ1) is 8.56. The summed E-state index contributed by atoms with van der Waals surface area (Å²) in [6.45, 7) is 2.11. The lowest BCUT2D eigenvalue weighted by molar-refractivity contribution is 1.18. The fourth-order valence-electron chi connectivity index (χ4n) is 1.66. The van der Waals surface area contributed by atoms with Crippen LogP contribution in [0.1, 0.15) is 13.3 Å². The molecular weight excluding hydrogens is 182 g/mol. The van der Waals surface area contributed by atoms with Gasteiger partial charge < -0.3 is 5.32 Å². The zero-order valence-electron chi connectivity index (χ0n) is 7.46. The van der Waals surface area contributed by atoms with E-state index in [1.807, 2.05) is 0 Å². The second-order valence-electron chi connectivity index (χ2n) is 3.29. The Kier molecular flexibility index (Phi) is 2.00. The maximum absolute atomic E-state index is 7.69. The van der Waals surface area contributed by atoms with Crippen LogP contribution in [-0.2, 0) is 0 Å². The zero-order valence-corrected chi connectivity index (χ0v) is 8.36. The summed E-state index contributed by atoms with van der Waals surface area (Å²) in [7, 11) is -0.321. The second kappa shape index (κ2) is 3.03. The van der Waals surface area contributed by atoms with E-state index in [1.165, 1.54) is 4.91 Å². The number of hydrogen-bond donors (Lipinski definition) is 4. The SMILES string of the molecule is CC1=CC=C[SH]1C1CC(=N)NC1=N. The molecule has 2 atom stereocenters. The summed E-state index contributed by atoms with van der Waals surface area (Å²) in [5.74, 6) is 1.01. The molecule has 0 aliphatic carbocycles. The van der Waals surface area contributed by atoms with Crippen molar-refractivity contribution in [2.75, 3.05) is 0 Å². The molecule has 0 bridgehead atoms. The smallest absolute Gasteiger partial charge is 0.111 e. The van der Waals surface area contributed by atoms with E-state index < -0.39 is 0 Å². The van der Waals surface area contributed by atoms with E-state index in [4.69, 9.17) is 10.8 Å². The van der Waals surface area contributed by atoms with E-state index >= 15 is 0 Å². The molecule has 0 spiro atoms. The summed E-state index contributed by atoms with van der Waals surface area (Å²) in [4.78, 5) is 1.36. The van der Waals surface area contributed by atoms with E-state index in [-0.39, 0.29) is 16.1 Å². The van der Waals surface area contributed by atoms with Gasteiger partial charge in [0, 0.05) is 6.42 Å². The van der Waals surface area contributed by atoms with Crippen LogP contribution in [0.5, 0.6) is 0 Å². The molecule has 4 heteroatoms. The zero-order chi connectivity index (χ0) is 9.42. The van der Waals surface area contributed by atoms with Gasteiger partial charge >= 0.3 is 0 Å². The minimum Gasteiger partial charge on any atom is -0.332 e. The molecule has 0 amide bonds. The van der Waals surface area contributed by atoms with Crippen molar-refractivity contribution < 1.29 is 0 Å². The Morgan fingerprint density at radius 1 is 1.54 bits per heavy atom. The largest absolute Gasteiger partial charge is 0.332 e. The highest BCUT2D eigenvalue weighted by molar-refractivity contribution is 8.24. The monoisotopic (exact) mass is 195 g/mol. The fraction of sp³-hybridized carbons (Fsp3) is 0.333. The predicted octanol–water partition coefficient (Wildman–Crippen LogP) is 1.74. The molecule has 2 heterocycles. The number of allylic oxidation sites excluding steroid dienone is 3. The lowest BCUT2D eigenvalue weighted by Crippen LogP contribution is -2.23. The van der Waals surface area contributed by atoms with Gasteiger partial charge in [0.1, 0.15) is 11.7 Å². The van der Waals surface area contributed by atoms with Gasteiger partial charge in [0.15, 0.2) is 0 Å². The van der Waals surface area contributed by atoms with Crippen molar-refractivity contribution in [3.8, 4) is 0 Å². The van der Waals surface area contributed by atoms with Crippen molar-refractivity contribution in [1.29, 1.82) is 10.8 Å². The van der Waals surface area contributed by atoms with Crippen LogP contribution in [0.25, 0.3) is 0 Å². The van der Waals surface area contributed by atoms with E-state index in [1.54, 1.807) is 0 Å². The van der Waals surface area contributed by atoms with Crippen molar-refractivity contribution in [3.63, 3.8) is 0 Å². The quantitative estimate of drug-likeness (QED) is 0.473. The normalized spacial score (nSPS) is 35.0. The molecule has 1 saturated heterocycles. The predicted molar refractivity (Wildman–Crippen MR) is 58.9 cm³/mol. The first-order valence-electron chi connectivity index (χ1n) is 4.25. The number of thiol groups is 1. The van der Waals surface area contributed by atoms with E-state index in [0.717, 1.165) is 0 Å². The topological polar surface area (TPSA) is 59.7 Å². The van der Waals surface area contributed by atoms with Gasteiger partial charge in [-0.05, 0) is 17.2 Å². The number of amidine groups is 2. The van der Waals surface area contributed by atoms with Gasteiger partial charge in [0.25, 0.3) is 0 Å². The van der Waals surface area contributed by atoms with Crippen LogP contribution < -0.4 is 5.32 Å². The molecule has 0 radical (unpaired) electrons. The number of rotatable bonds is 1. The third kappa shape index (κ3) is 1.42. The van der Waals surface area contributed by atoms with Crippen LogP contribution in [0, 0.1) is 10.8 Å². The van der Waals surface area contributed by atoms with Crippen molar-refractivity contribution in [2.24, 2.45) is 0 Å². The molecule has 2 unspecified atom stereocenters. The van der Waals surface area contributed by atoms with Crippen molar-refractivity contribution in [1.82, 2.24) is 5.32 Å². The maximum atomic E-state index is 7.69. The highest BCUT2D eigenvalue weighted by Gasteiger charge is 2.30. The molecule has 0 saturated carbocycles. The van der Waals surface area contributed by atoms with Crippen LogP contribution in [0.4, 0.5) is 0 Å². The Morgan fingerprint density at radius 3 is 2.77 bits per heavy atom. The number of hydrogen-bond acceptors (Lipinski definition) is 2. The molecule has 2 rings (SSSR count). The van der Waals surface area contributed by atoms with Crippen molar-refractivity contribution >= 4 is 22.6 Å². The third-order valence-electron chi connectivity index (χ3n) is 2.34. The average molecular weight is 195 g/mol. The van der Waals surface area contributed by atoms with Crippen molar-refractivity contribution in [2.45, 2.75) is 18.6 Å². The molecule has 2 aliphatic heterocycles. The Balaban J connectivity index is 2.18. The van der Waals surface area contributed by atoms with Gasteiger partial charge in [-0.3, -0.25) is 10.8 Å². The van der Waals surface area contributed by atoms with Crippen molar-refractivity contribution in [3.05, 3.63) is 22.5 Å². The molecular formula is C9H13N3S. The number of nitrogens with one attached hydrogen (secondary N) is 3. The summed E-state index contributed by atoms with van der Waals surface area (Å²) >= 11 is 0. The van der Waals surface area contributed by atoms with E-state index in [2.05, 4.69) is 29.8 Å². The average Bonchev–Trinajstić information content (AvgIpc) is 2.58. The highest BCUT2D eigenvalue weighted by atomic mass is 32.2. The molecule has 2 aliphatic rings. The van der Waals surface area contributed by atoms with Crippen LogP contribution in [0.15, 0.2) is 22.5 Å². The van der Waals surface area contributed by atoms with E-state index in [0.29, 0.717) is 18.1 Å². The maximum Gasteiger partial charge on any atom is 0.111 e. The molecule has 0 aromatic carbocycles. The molecule has 3 nitrogen and oxygen atoms in total. The lowest BCUT2D eigenvalue weighted by atomic mass is 10.3. The molecule has 1 fully saturated rings. The minimum atomic E-state index is -0.321. The summed E-state index contributed by atoms with van der Waals surface area (Å²) in [6.07, 6.45) is 4.89. The standard InChI is InChI=1S/C9H13N3S/c1-6-3-2-4-13(6)7-5-8(10)12-9(7)11/h2-4,7,13H,5H2,1H3,(H3,10,11,12). The van der Waals surface area contributed by atoms with Gasteiger partial charge in [-0.1, -0.05) is 12.2 Å². The first-order valence-corrected chi connectivity index (χ1v) is 5.73. The third-order valence-corrected chi connectivity index (χ3v) is 4.91. The van der Waals surface area contributed by atoms with Crippen LogP contribution in [-0.4, -0.2) is 16.9 Å². The molecule has 13 heavy (non-hydrogen) atoms. The summed E-state index contributed by atoms with van der Waals surface area (Å²) in [6, 6.07) is 0. The summed E-state index contributed by atoms with van der Waals surface area (Å²) < 4.78 is 0. The molecule has 0 aromatic heterocycles. The van der Waals surface area contributed by atoms with E-state index in [9.17, 15) is 0 Å². The van der Waals surface area contributed by atoms with Gasteiger partial charge in [-0.25, -0.2) is 10.9 Å². The summed E-state index contributed by atoms with van der Waals surface area (Å²) in [5, 5.41) is 20.4. The Bertz CT molecular complexity index is 330. The lowest BCUT2D eigenvalue weighted by Gasteiger charge is -2.21. The van der Waals surface area contributed by atoms with Gasteiger partial charge in [0.2, 0.25) is 0 Å². The Hall–Kier alpha value is -1.03. The first-order chi connectivity index (χ1) is 6.18. The Labute approximate surface area is 80.3 Å². The highest BCUT2D eigenvalue weighted by Crippen LogP contribution is 2.47. The van der Waals surface area contributed by atoms with Crippen LogP contribution in [0.3, 0.4) is 0 Å². The minimum absolute atomic E-state index is 0.234. The van der Waals surface area contributed by atoms with Gasteiger partial charge in [-0.2, -0.15) is 0 Å². The Morgan fingerprint density at radius 2 is 2.31 bits per heavy atom. The fourth-order valence-corrected chi connectivity index (χ4v) is 3.84. The second-order valence-corrected chi connectivity index (χ2v) is 5.74. The molecule has 0 aromatic rings. The van der Waals surface area contributed by atoms with Crippen LogP contribution in [0.2, 0.25) is 0 Å². The molecule has 3 N–H and O–H groups in total.